The normalized spacial score (nSPS) is 11.8. The van der Waals surface area contributed by atoms with Crippen molar-refractivity contribution in [2.75, 3.05) is 14.2 Å². The Morgan fingerprint density at radius 1 is 0.909 bits per heavy atom. The van der Waals surface area contributed by atoms with Gasteiger partial charge in [-0.2, -0.15) is 0 Å². The summed E-state index contributed by atoms with van der Waals surface area (Å²) in [5.41, 5.74) is 0. The van der Waals surface area contributed by atoms with Crippen LogP contribution in [-0.4, -0.2) is 27.2 Å². The zero-order valence-corrected chi connectivity index (χ0v) is 12.8. The van der Waals surface area contributed by atoms with E-state index in [1.165, 1.54) is 14.2 Å². The van der Waals surface area contributed by atoms with Crippen molar-refractivity contribution in [2.45, 2.75) is 4.90 Å². The van der Waals surface area contributed by atoms with E-state index in [-0.39, 0.29) is 11.5 Å². The Morgan fingerprint density at radius 2 is 1.55 bits per heavy atom. The van der Waals surface area contributed by atoms with E-state index in [4.69, 9.17) is 9.47 Å². The van der Waals surface area contributed by atoms with Crippen LogP contribution < -0.4 is 9.47 Å². The van der Waals surface area contributed by atoms with E-state index >= 15 is 0 Å². The average Bonchev–Trinajstić information content (AvgIpc) is 2.49. The van der Waals surface area contributed by atoms with Crippen LogP contribution >= 0.6 is 0 Å². The van der Waals surface area contributed by atoms with Gasteiger partial charge in [0.25, 0.3) is 0 Å². The fourth-order valence-electron chi connectivity index (χ4n) is 2.61. The molecule has 0 saturated heterocycles. The third-order valence-electron chi connectivity index (χ3n) is 3.55. The second-order valence-electron chi connectivity index (χ2n) is 4.82. The lowest BCUT2D eigenvalue weighted by Crippen LogP contribution is -2.05. The average molecular weight is 317 g/mol. The minimum absolute atomic E-state index is 0.0692. The van der Waals surface area contributed by atoms with Crippen molar-refractivity contribution in [2.24, 2.45) is 0 Å². The van der Waals surface area contributed by atoms with Gasteiger partial charge in [-0.15, -0.1) is 0 Å². The van der Waals surface area contributed by atoms with Gasteiger partial charge in [-0.3, -0.25) is 0 Å². The highest BCUT2D eigenvalue weighted by Gasteiger charge is 2.20. The lowest BCUT2D eigenvalue weighted by molar-refractivity contribution is 0.345. The molecule has 3 aromatic carbocycles. The molecule has 0 bridgehead atoms. The molecule has 0 spiro atoms. The molecule has 0 unspecified atom stereocenters. The van der Waals surface area contributed by atoms with Crippen molar-refractivity contribution in [3.05, 3.63) is 42.5 Å². The molecule has 6 heteroatoms. The molecule has 0 heterocycles. The summed E-state index contributed by atoms with van der Waals surface area (Å²) in [6.45, 7) is 0. The molecule has 0 saturated carbocycles. The largest absolute Gasteiger partial charge is 0.744 e. The summed E-state index contributed by atoms with van der Waals surface area (Å²) in [5, 5.41) is 2.71. The minimum Gasteiger partial charge on any atom is -0.744 e. The Labute approximate surface area is 127 Å². The summed E-state index contributed by atoms with van der Waals surface area (Å²) < 4.78 is 45.5. The standard InChI is InChI=1S/C16H14O5S/c1-20-14-9-12-7-10-5-3-4-6-11(10)8-13(12)16(15(14)21-2)22(17,18)19/h3-9H,1-2H3,(H,17,18,19)/p-1. The van der Waals surface area contributed by atoms with E-state index in [1.54, 1.807) is 12.1 Å². The number of hydrogen-bond donors (Lipinski definition) is 0. The summed E-state index contributed by atoms with van der Waals surface area (Å²) in [6.07, 6.45) is 0. The Kier molecular flexibility index (Phi) is 3.42. The summed E-state index contributed by atoms with van der Waals surface area (Å²) in [4.78, 5) is -0.393. The third-order valence-corrected chi connectivity index (χ3v) is 4.46. The van der Waals surface area contributed by atoms with Crippen LogP contribution in [0.25, 0.3) is 21.5 Å². The molecule has 0 aliphatic rings. The van der Waals surface area contributed by atoms with E-state index in [9.17, 15) is 13.0 Å². The van der Waals surface area contributed by atoms with Gasteiger partial charge in [0.1, 0.15) is 15.0 Å². The molecule has 5 nitrogen and oxygen atoms in total. The van der Waals surface area contributed by atoms with Gasteiger partial charge in [-0.25, -0.2) is 8.42 Å². The molecule has 0 aliphatic carbocycles. The second kappa shape index (κ2) is 5.15. The van der Waals surface area contributed by atoms with Crippen LogP contribution in [0.3, 0.4) is 0 Å². The van der Waals surface area contributed by atoms with E-state index in [0.717, 1.165) is 10.8 Å². The Balaban J connectivity index is 2.57. The molecule has 0 aromatic heterocycles. The maximum Gasteiger partial charge on any atom is 0.178 e. The van der Waals surface area contributed by atoms with Crippen LogP contribution in [0.15, 0.2) is 47.4 Å². The van der Waals surface area contributed by atoms with Crippen LogP contribution in [-0.2, 0) is 10.1 Å². The van der Waals surface area contributed by atoms with Crippen LogP contribution in [0, 0.1) is 0 Å². The molecule has 114 valence electrons. The molecular weight excluding hydrogens is 304 g/mol. The summed E-state index contributed by atoms with van der Waals surface area (Å²) in [7, 11) is -2.03. The number of fused-ring (bicyclic) bond motifs is 2. The van der Waals surface area contributed by atoms with Crippen molar-refractivity contribution in [1.82, 2.24) is 0 Å². The molecule has 0 amide bonds. The summed E-state index contributed by atoms with van der Waals surface area (Å²) >= 11 is 0. The quantitative estimate of drug-likeness (QED) is 0.548. The Bertz CT molecular complexity index is 977. The summed E-state index contributed by atoms with van der Waals surface area (Å²) in [5.74, 6) is 0.139. The van der Waals surface area contributed by atoms with Gasteiger partial charge in [0.15, 0.2) is 11.5 Å². The molecule has 0 fully saturated rings. The fourth-order valence-corrected chi connectivity index (χ4v) is 3.47. The van der Waals surface area contributed by atoms with Crippen molar-refractivity contribution >= 4 is 31.7 Å². The van der Waals surface area contributed by atoms with Gasteiger partial charge >= 0.3 is 0 Å². The smallest absolute Gasteiger partial charge is 0.178 e. The van der Waals surface area contributed by atoms with Crippen molar-refractivity contribution in [3.8, 4) is 11.5 Å². The number of hydrogen-bond acceptors (Lipinski definition) is 5. The van der Waals surface area contributed by atoms with Crippen molar-refractivity contribution in [1.29, 1.82) is 0 Å². The number of rotatable bonds is 3. The summed E-state index contributed by atoms with van der Waals surface area (Å²) in [6, 6.07) is 12.7. The monoisotopic (exact) mass is 317 g/mol. The van der Waals surface area contributed by atoms with Crippen LogP contribution in [0.4, 0.5) is 0 Å². The molecule has 0 radical (unpaired) electrons. The Hall–Kier alpha value is -2.31. The molecule has 3 aromatic rings. The minimum atomic E-state index is -4.73. The first-order chi connectivity index (χ1) is 10.5. The lowest BCUT2D eigenvalue weighted by atomic mass is 10.0. The van der Waals surface area contributed by atoms with Crippen LogP contribution in [0.1, 0.15) is 0 Å². The molecule has 0 atom stereocenters. The highest BCUT2D eigenvalue weighted by molar-refractivity contribution is 7.86. The topological polar surface area (TPSA) is 75.7 Å². The third kappa shape index (κ3) is 2.26. The first kappa shape index (κ1) is 14.6. The van der Waals surface area contributed by atoms with Gasteiger partial charge in [0.2, 0.25) is 0 Å². The maximum atomic E-state index is 11.7. The number of benzene rings is 3. The van der Waals surface area contributed by atoms with Gasteiger partial charge in [-0.1, -0.05) is 24.3 Å². The van der Waals surface area contributed by atoms with Gasteiger partial charge < -0.3 is 14.0 Å². The first-order valence-electron chi connectivity index (χ1n) is 6.49. The maximum absolute atomic E-state index is 11.7. The van der Waals surface area contributed by atoms with Crippen LogP contribution in [0.2, 0.25) is 0 Å². The highest BCUT2D eigenvalue weighted by atomic mass is 32.2. The second-order valence-corrected chi connectivity index (χ2v) is 6.13. The molecule has 3 rings (SSSR count). The highest BCUT2D eigenvalue weighted by Crippen LogP contribution is 2.41. The molecule has 22 heavy (non-hydrogen) atoms. The Morgan fingerprint density at radius 3 is 2.09 bits per heavy atom. The van der Waals surface area contributed by atoms with E-state index in [2.05, 4.69) is 0 Å². The van der Waals surface area contributed by atoms with E-state index in [0.29, 0.717) is 10.8 Å². The SMILES string of the molecule is COc1cc2cc3ccccc3cc2c(S(=O)(=O)[O-])c1OC. The molecule has 0 N–H and O–H groups in total. The number of methoxy groups -OCH3 is 2. The predicted octanol–water partition coefficient (Wildman–Crippen LogP) is 2.91. The van der Waals surface area contributed by atoms with E-state index < -0.39 is 15.0 Å². The van der Waals surface area contributed by atoms with Gasteiger partial charge in [-0.05, 0) is 34.4 Å². The number of ether oxygens (including phenoxy) is 2. The van der Waals surface area contributed by atoms with Gasteiger partial charge in [0, 0.05) is 5.39 Å². The van der Waals surface area contributed by atoms with E-state index in [1.807, 2.05) is 30.3 Å². The lowest BCUT2D eigenvalue weighted by Gasteiger charge is -2.18. The zero-order valence-electron chi connectivity index (χ0n) is 12.0. The molecular formula is C16H13O5S-. The van der Waals surface area contributed by atoms with Crippen molar-refractivity contribution < 1.29 is 22.4 Å². The van der Waals surface area contributed by atoms with Crippen molar-refractivity contribution in [3.63, 3.8) is 0 Å². The zero-order chi connectivity index (χ0) is 15.9. The first-order valence-corrected chi connectivity index (χ1v) is 7.90. The van der Waals surface area contributed by atoms with Crippen LogP contribution in [0.5, 0.6) is 11.5 Å². The molecule has 0 aliphatic heterocycles. The predicted molar refractivity (Wildman–Crippen MR) is 82.5 cm³/mol. The fraction of sp³-hybridized carbons (Fsp3) is 0.125. The van der Waals surface area contributed by atoms with Gasteiger partial charge in [0.05, 0.1) is 14.2 Å².